The van der Waals surface area contributed by atoms with Gasteiger partial charge in [0.25, 0.3) is 0 Å². The van der Waals surface area contributed by atoms with Gasteiger partial charge in [0.05, 0.1) is 17.4 Å². The molecule has 0 aliphatic carbocycles. The first kappa shape index (κ1) is 22.0. The van der Waals surface area contributed by atoms with Crippen molar-refractivity contribution in [2.24, 2.45) is 5.92 Å². The SMILES string of the molecule is C[C@@H](O[Si](C)(C)C(C)(C)C)[C@H]1C(=O)N[C@@H]1SC(=S)S[C@H]1CCC[S@@+]1[O-]. The van der Waals surface area contributed by atoms with Crippen molar-refractivity contribution in [2.45, 2.75) is 74.7 Å². The number of thiocarbonyl (C=S) groups is 1. The zero-order valence-electron chi connectivity index (χ0n) is 15.8. The Morgan fingerprint density at radius 2 is 2.08 bits per heavy atom. The molecule has 2 aliphatic rings. The maximum Gasteiger partial charge on any atom is 0.229 e. The van der Waals surface area contributed by atoms with Crippen LogP contribution in [-0.4, -0.2) is 44.1 Å². The van der Waals surface area contributed by atoms with E-state index in [9.17, 15) is 9.35 Å². The number of hydrogen-bond acceptors (Lipinski definition) is 6. The van der Waals surface area contributed by atoms with Gasteiger partial charge in [-0.3, -0.25) is 4.79 Å². The quantitative estimate of drug-likeness (QED) is 0.301. The van der Waals surface area contributed by atoms with Gasteiger partial charge in [-0.1, -0.05) is 56.5 Å². The third-order valence-corrected chi connectivity index (χ3v) is 15.0. The smallest absolute Gasteiger partial charge is 0.229 e. The average Bonchev–Trinajstić information content (AvgIpc) is 2.81. The van der Waals surface area contributed by atoms with E-state index in [0.29, 0.717) is 0 Å². The van der Waals surface area contributed by atoms with Gasteiger partial charge in [0, 0.05) is 6.42 Å². The van der Waals surface area contributed by atoms with Crippen LogP contribution in [-0.2, 0) is 20.4 Å². The third kappa shape index (κ3) is 5.39. The predicted octanol–water partition coefficient (Wildman–Crippen LogP) is 4.09. The maximum atomic E-state index is 12.1. The Kier molecular flexibility index (Phi) is 7.41. The van der Waals surface area contributed by atoms with Crippen molar-refractivity contribution in [3.8, 4) is 0 Å². The summed E-state index contributed by atoms with van der Waals surface area (Å²) in [6.07, 6.45) is 1.85. The summed E-state index contributed by atoms with van der Waals surface area (Å²) in [7, 11) is -1.92. The lowest BCUT2D eigenvalue weighted by Crippen LogP contribution is -2.62. The predicted molar refractivity (Wildman–Crippen MR) is 117 cm³/mol. The molecular formula is C16H29NO3S4Si. The van der Waals surface area contributed by atoms with E-state index in [1.54, 1.807) is 0 Å². The summed E-state index contributed by atoms with van der Waals surface area (Å²) < 4.78 is 19.2. The molecule has 0 aromatic rings. The zero-order chi connectivity index (χ0) is 19.0. The summed E-state index contributed by atoms with van der Waals surface area (Å²) in [6, 6.07) is 0. The second-order valence-electron chi connectivity index (χ2n) is 8.18. The number of amides is 1. The second kappa shape index (κ2) is 8.41. The van der Waals surface area contributed by atoms with E-state index in [2.05, 4.69) is 39.2 Å². The largest absolute Gasteiger partial charge is 0.615 e. The Labute approximate surface area is 169 Å². The van der Waals surface area contributed by atoms with E-state index in [0.717, 1.165) is 22.1 Å². The lowest BCUT2D eigenvalue weighted by atomic mass is 9.96. The van der Waals surface area contributed by atoms with Gasteiger partial charge < -0.3 is 14.3 Å². The van der Waals surface area contributed by atoms with Crippen molar-refractivity contribution in [2.75, 3.05) is 5.75 Å². The Balaban J connectivity index is 1.90. The molecule has 0 saturated carbocycles. The van der Waals surface area contributed by atoms with Crippen LogP contribution in [0.2, 0.25) is 18.1 Å². The fourth-order valence-corrected chi connectivity index (χ4v) is 9.51. The van der Waals surface area contributed by atoms with Crippen LogP contribution in [0.3, 0.4) is 0 Å². The molecule has 2 heterocycles. The van der Waals surface area contributed by atoms with Gasteiger partial charge in [0.15, 0.2) is 12.9 Å². The van der Waals surface area contributed by atoms with Gasteiger partial charge in [0.1, 0.15) is 9.28 Å². The maximum absolute atomic E-state index is 12.1. The molecular weight excluding hydrogens is 411 g/mol. The zero-order valence-corrected chi connectivity index (χ0v) is 20.1. The lowest BCUT2D eigenvalue weighted by Gasteiger charge is -2.45. The van der Waals surface area contributed by atoms with Crippen LogP contribution in [0.5, 0.6) is 0 Å². The normalized spacial score (nSPS) is 31.4. The van der Waals surface area contributed by atoms with Gasteiger partial charge in [-0.15, -0.1) is 0 Å². The van der Waals surface area contributed by atoms with E-state index in [4.69, 9.17) is 16.6 Å². The van der Waals surface area contributed by atoms with E-state index in [1.165, 1.54) is 23.5 Å². The fourth-order valence-electron chi connectivity index (χ4n) is 2.65. The van der Waals surface area contributed by atoms with E-state index in [-0.39, 0.29) is 32.9 Å². The highest BCUT2D eigenvalue weighted by atomic mass is 32.3. The monoisotopic (exact) mass is 439 g/mol. The molecule has 0 aromatic carbocycles. The van der Waals surface area contributed by atoms with Crippen molar-refractivity contribution in [1.82, 2.24) is 5.32 Å². The molecule has 0 bridgehead atoms. The van der Waals surface area contributed by atoms with Crippen LogP contribution in [0.1, 0.15) is 40.5 Å². The first-order chi connectivity index (χ1) is 11.4. The Morgan fingerprint density at radius 3 is 2.56 bits per heavy atom. The summed E-state index contributed by atoms with van der Waals surface area (Å²) in [5.74, 6) is 0.651. The van der Waals surface area contributed by atoms with Gasteiger partial charge in [-0.05, 0) is 42.7 Å². The Hall–Kier alpha value is 0.747. The molecule has 1 amide bonds. The molecule has 5 atom stereocenters. The van der Waals surface area contributed by atoms with Crippen molar-refractivity contribution in [3.05, 3.63) is 0 Å². The molecule has 2 aliphatic heterocycles. The lowest BCUT2D eigenvalue weighted by molar-refractivity contribution is -0.136. The molecule has 2 fully saturated rings. The van der Waals surface area contributed by atoms with Crippen LogP contribution in [0.4, 0.5) is 0 Å². The van der Waals surface area contributed by atoms with Gasteiger partial charge >= 0.3 is 0 Å². The molecule has 1 N–H and O–H groups in total. The number of thioether (sulfide) groups is 2. The third-order valence-electron chi connectivity index (χ3n) is 5.24. The van der Waals surface area contributed by atoms with Crippen molar-refractivity contribution in [3.63, 3.8) is 0 Å². The van der Waals surface area contributed by atoms with Crippen LogP contribution >= 0.6 is 35.7 Å². The van der Waals surface area contributed by atoms with Crippen molar-refractivity contribution < 1.29 is 13.8 Å². The Morgan fingerprint density at radius 1 is 1.44 bits per heavy atom. The molecule has 2 saturated heterocycles. The van der Waals surface area contributed by atoms with Crippen LogP contribution in [0.15, 0.2) is 0 Å². The first-order valence-electron chi connectivity index (χ1n) is 8.65. The highest BCUT2D eigenvalue weighted by molar-refractivity contribution is 8.49. The summed E-state index contributed by atoms with van der Waals surface area (Å²) in [4.78, 5) is 12.1. The topological polar surface area (TPSA) is 61.4 Å². The summed E-state index contributed by atoms with van der Waals surface area (Å²) >= 11 is 7.75. The van der Waals surface area contributed by atoms with E-state index >= 15 is 0 Å². The van der Waals surface area contributed by atoms with Crippen molar-refractivity contribution in [1.29, 1.82) is 0 Å². The Bertz CT molecular complexity index is 526. The molecule has 25 heavy (non-hydrogen) atoms. The molecule has 0 spiro atoms. The fraction of sp³-hybridized carbons (Fsp3) is 0.875. The second-order valence-corrected chi connectivity index (χ2v) is 18.5. The van der Waals surface area contributed by atoms with Crippen LogP contribution in [0.25, 0.3) is 0 Å². The van der Waals surface area contributed by atoms with Gasteiger partial charge in [0.2, 0.25) is 5.91 Å². The molecule has 0 unspecified atom stereocenters. The van der Waals surface area contributed by atoms with Gasteiger partial charge in [-0.25, -0.2) is 0 Å². The molecule has 0 aromatic heterocycles. The highest BCUT2D eigenvalue weighted by Crippen LogP contribution is 2.42. The summed E-state index contributed by atoms with van der Waals surface area (Å²) in [5.41, 5.74) is 0. The average molecular weight is 440 g/mol. The van der Waals surface area contributed by atoms with Crippen LogP contribution < -0.4 is 5.32 Å². The number of carbonyl (C=O) groups excluding carboxylic acids is 1. The minimum atomic E-state index is -1.92. The number of carbonyl (C=O) groups is 1. The van der Waals surface area contributed by atoms with E-state index < -0.39 is 19.5 Å². The minimum absolute atomic E-state index is 0.0397. The van der Waals surface area contributed by atoms with E-state index in [1.807, 2.05) is 6.92 Å². The summed E-state index contributed by atoms with van der Waals surface area (Å²) in [6.45, 7) is 13.0. The number of nitrogens with one attached hydrogen (secondary N) is 1. The van der Waals surface area contributed by atoms with Gasteiger partial charge in [-0.2, -0.15) is 0 Å². The molecule has 2 rings (SSSR count). The molecule has 0 radical (unpaired) electrons. The number of hydrogen-bond donors (Lipinski definition) is 1. The number of rotatable bonds is 5. The molecule has 9 heteroatoms. The standard InChI is InChI=1S/C16H29NO3S4Si/c1-10(20-25(5,6)16(2,3)4)12-13(18)17-14(12)23-15(21)22-11-8-7-9-24(11)19/h10-12,14H,7-9H2,1-6H3,(H,17,18)/t10-,11-,12+,14-,24-/m1/s1. The number of β-lactam (4-membered cyclic amide) rings is 1. The molecule has 4 nitrogen and oxygen atoms in total. The summed E-state index contributed by atoms with van der Waals surface area (Å²) in [5, 5.41) is 3.02. The van der Waals surface area contributed by atoms with Crippen LogP contribution in [0, 0.1) is 5.92 Å². The molecule has 144 valence electrons. The highest BCUT2D eigenvalue weighted by Gasteiger charge is 2.48. The minimum Gasteiger partial charge on any atom is -0.615 e. The van der Waals surface area contributed by atoms with Crippen molar-refractivity contribution >= 4 is 64.7 Å². The first-order valence-corrected chi connectivity index (χ1v) is 15.1.